The molecule has 2 N–H and O–H groups in total. The highest BCUT2D eigenvalue weighted by atomic mass is 32.1. The molecule has 7 nitrogen and oxygen atoms in total. The number of rotatable bonds is 3. The molecule has 0 fully saturated rings. The minimum atomic E-state index is -0.314. The lowest BCUT2D eigenvalue weighted by molar-refractivity contribution is 0.0978. The van der Waals surface area contributed by atoms with Gasteiger partial charge in [0, 0.05) is 16.8 Å². The third-order valence-electron chi connectivity index (χ3n) is 4.43. The van der Waals surface area contributed by atoms with Crippen LogP contribution < -0.4 is 10.6 Å². The Labute approximate surface area is 180 Å². The van der Waals surface area contributed by atoms with Crippen LogP contribution in [0.4, 0.5) is 5.69 Å². The van der Waals surface area contributed by atoms with E-state index >= 15 is 0 Å². The fourth-order valence-electron chi connectivity index (χ4n) is 2.95. The number of thiocarbonyl (C=S) groups is 1. The van der Waals surface area contributed by atoms with E-state index in [0.29, 0.717) is 17.0 Å². The summed E-state index contributed by atoms with van der Waals surface area (Å²) in [6.45, 7) is 0. The fourth-order valence-corrected chi connectivity index (χ4v) is 3.68. The molecule has 0 aliphatic heterocycles. The summed E-state index contributed by atoms with van der Waals surface area (Å²) in [6, 6.07) is 20.2. The second-order valence-electron chi connectivity index (χ2n) is 6.44. The molecule has 0 bridgehead atoms. The third kappa shape index (κ3) is 3.63. The number of benzene rings is 3. The van der Waals surface area contributed by atoms with Gasteiger partial charge in [0.05, 0.1) is 11.7 Å². The van der Waals surface area contributed by atoms with Gasteiger partial charge in [-0.1, -0.05) is 12.1 Å². The molecular formula is C21H13N5O2S2. The molecule has 0 atom stereocenters. The predicted molar refractivity (Wildman–Crippen MR) is 121 cm³/mol. The lowest BCUT2D eigenvalue weighted by Gasteiger charge is -2.10. The monoisotopic (exact) mass is 431 g/mol. The molecule has 0 spiro atoms. The topological polar surface area (TPSA) is 92.9 Å². The Hall–Kier alpha value is -3.69. The summed E-state index contributed by atoms with van der Waals surface area (Å²) in [5, 5.41) is 5.87. The van der Waals surface area contributed by atoms with Crippen molar-refractivity contribution in [1.82, 2.24) is 19.0 Å². The normalized spacial score (nSPS) is 10.9. The number of amides is 1. The van der Waals surface area contributed by atoms with Gasteiger partial charge in [-0.25, -0.2) is 4.98 Å². The SMILES string of the molecule is O=C(NC(=S)Nc1ccc(-c2nc3ccccc3o2)cc1)c1ccc2nsnc2c1. The van der Waals surface area contributed by atoms with Gasteiger partial charge in [0.2, 0.25) is 5.89 Å². The van der Waals surface area contributed by atoms with Crippen molar-refractivity contribution in [3.05, 3.63) is 72.3 Å². The van der Waals surface area contributed by atoms with E-state index in [9.17, 15) is 4.79 Å². The number of nitrogens with one attached hydrogen (secondary N) is 2. The van der Waals surface area contributed by atoms with Crippen molar-refractivity contribution >= 4 is 62.8 Å². The van der Waals surface area contributed by atoms with Crippen LogP contribution in [-0.2, 0) is 0 Å². The van der Waals surface area contributed by atoms with Crippen LogP contribution in [0.1, 0.15) is 10.4 Å². The highest BCUT2D eigenvalue weighted by Crippen LogP contribution is 2.25. The van der Waals surface area contributed by atoms with Crippen LogP contribution in [0.25, 0.3) is 33.6 Å². The molecule has 0 saturated heterocycles. The van der Waals surface area contributed by atoms with Gasteiger partial charge in [-0.15, -0.1) is 0 Å². The van der Waals surface area contributed by atoms with E-state index in [0.717, 1.165) is 39.6 Å². The van der Waals surface area contributed by atoms with Crippen molar-refractivity contribution in [3.63, 3.8) is 0 Å². The van der Waals surface area contributed by atoms with Gasteiger partial charge in [0.25, 0.3) is 5.91 Å². The maximum atomic E-state index is 12.4. The summed E-state index contributed by atoms with van der Waals surface area (Å²) >= 11 is 6.37. The summed E-state index contributed by atoms with van der Waals surface area (Å²) in [4.78, 5) is 16.9. The Balaban J connectivity index is 1.26. The first kappa shape index (κ1) is 18.3. The summed E-state index contributed by atoms with van der Waals surface area (Å²) in [5.41, 5.74) is 5.04. The van der Waals surface area contributed by atoms with Crippen LogP contribution in [0, 0.1) is 0 Å². The molecular weight excluding hydrogens is 418 g/mol. The maximum absolute atomic E-state index is 12.4. The Kier molecular flexibility index (Phi) is 4.66. The number of fused-ring (bicyclic) bond motifs is 2. The number of para-hydroxylation sites is 2. The van der Waals surface area contributed by atoms with Crippen molar-refractivity contribution in [2.75, 3.05) is 5.32 Å². The van der Waals surface area contributed by atoms with Gasteiger partial charge in [0.15, 0.2) is 10.7 Å². The largest absolute Gasteiger partial charge is 0.436 e. The van der Waals surface area contributed by atoms with Crippen molar-refractivity contribution in [2.24, 2.45) is 0 Å². The summed E-state index contributed by atoms with van der Waals surface area (Å²) in [6.07, 6.45) is 0. The number of hydrogen-bond donors (Lipinski definition) is 2. The molecule has 146 valence electrons. The average molecular weight is 432 g/mol. The minimum Gasteiger partial charge on any atom is -0.436 e. The highest BCUT2D eigenvalue weighted by Gasteiger charge is 2.11. The molecule has 2 heterocycles. The van der Waals surface area contributed by atoms with E-state index in [2.05, 4.69) is 24.4 Å². The zero-order valence-electron chi connectivity index (χ0n) is 15.3. The minimum absolute atomic E-state index is 0.200. The van der Waals surface area contributed by atoms with E-state index in [1.165, 1.54) is 0 Å². The van der Waals surface area contributed by atoms with E-state index in [1.54, 1.807) is 18.2 Å². The predicted octanol–water partition coefficient (Wildman–Crippen LogP) is 4.63. The van der Waals surface area contributed by atoms with E-state index in [4.69, 9.17) is 16.6 Å². The van der Waals surface area contributed by atoms with Crippen LogP contribution >= 0.6 is 23.9 Å². The summed E-state index contributed by atoms with van der Waals surface area (Å²) < 4.78 is 14.0. The third-order valence-corrected chi connectivity index (χ3v) is 5.19. The lowest BCUT2D eigenvalue weighted by Crippen LogP contribution is -2.34. The lowest BCUT2D eigenvalue weighted by atomic mass is 10.2. The zero-order chi connectivity index (χ0) is 20.5. The van der Waals surface area contributed by atoms with Crippen molar-refractivity contribution in [3.8, 4) is 11.5 Å². The average Bonchev–Trinajstić information content (AvgIpc) is 3.40. The van der Waals surface area contributed by atoms with Crippen molar-refractivity contribution < 1.29 is 9.21 Å². The molecule has 9 heteroatoms. The molecule has 0 unspecified atom stereocenters. The standard InChI is InChI=1S/C21H13N5O2S2/c27-19(13-7-10-15-17(11-13)26-30-25-15)24-21(29)22-14-8-5-12(6-9-14)20-23-16-3-1-2-4-18(16)28-20/h1-11H,(H2,22,24,27,29). The van der Waals surface area contributed by atoms with Crippen LogP contribution in [0.15, 0.2) is 71.1 Å². The molecule has 1 amide bonds. The number of carbonyl (C=O) groups is 1. The number of hydrogen-bond acceptors (Lipinski definition) is 7. The maximum Gasteiger partial charge on any atom is 0.257 e. The zero-order valence-corrected chi connectivity index (χ0v) is 17.0. The van der Waals surface area contributed by atoms with Gasteiger partial charge < -0.3 is 9.73 Å². The summed E-state index contributed by atoms with van der Waals surface area (Å²) in [5.74, 6) is 0.232. The van der Waals surface area contributed by atoms with Crippen molar-refractivity contribution in [1.29, 1.82) is 0 Å². The highest BCUT2D eigenvalue weighted by molar-refractivity contribution is 7.80. The van der Waals surface area contributed by atoms with Gasteiger partial charge in [-0.3, -0.25) is 10.1 Å². The van der Waals surface area contributed by atoms with Gasteiger partial charge >= 0.3 is 0 Å². The van der Waals surface area contributed by atoms with Crippen LogP contribution in [-0.4, -0.2) is 24.8 Å². The molecule has 0 aliphatic rings. The van der Waals surface area contributed by atoms with Crippen molar-refractivity contribution in [2.45, 2.75) is 0 Å². The fraction of sp³-hybridized carbons (Fsp3) is 0. The number of aromatic nitrogens is 3. The second-order valence-corrected chi connectivity index (χ2v) is 7.38. The van der Waals surface area contributed by atoms with Gasteiger partial charge in [-0.2, -0.15) is 8.75 Å². The van der Waals surface area contributed by atoms with Gasteiger partial charge in [0.1, 0.15) is 16.6 Å². The molecule has 5 rings (SSSR count). The molecule has 0 radical (unpaired) electrons. The van der Waals surface area contributed by atoms with Crippen LogP contribution in [0.5, 0.6) is 0 Å². The van der Waals surface area contributed by atoms with Gasteiger partial charge in [-0.05, 0) is 66.8 Å². The Morgan fingerprint density at radius 3 is 2.57 bits per heavy atom. The second kappa shape index (κ2) is 7.62. The summed E-state index contributed by atoms with van der Waals surface area (Å²) in [7, 11) is 0. The molecule has 5 aromatic rings. The Morgan fingerprint density at radius 1 is 0.933 bits per heavy atom. The molecule has 0 aliphatic carbocycles. The van der Waals surface area contributed by atoms with E-state index in [-0.39, 0.29) is 11.0 Å². The number of anilines is 1. The number of oxazole rings is 1. The smallest absolute Gasteiger partial charge is 0.257 e. The number of carbonyl (C=O) groups excluding carboxylic acids is 1. The quantitative estimate of drug-likeness (QED) is 0.403. The molecule has 3 aromatic carbocycles. The first-order valence-corrected chi connectivity index (χ1v) is 10.1. The first-order valence-electron chi connectivity index (χ1n) is 8.96. The van der Waals surface area contributed by atoms with Crippen LogP contribution in [0.3, 0.4) is 0 Å². The number of nitrogens with zero attached hydrogens (tertiary/aromatic N) is 3. The molecule has 2 aromatic heterocycles. The first-order chi connectivity index (χ1) is 14.7. The van der Waals surface area contributed by atoms with Crippen LogP contribution in [0.2, 0.25) is 0 Å². The molecule has 0 saturated carbocycles. The molecule has 30 heavy (non-hydrogen) atoms. The van der Waals surface area contributed by atoms with E-state index < -0.39 is 0 Å². The Morgan fingerprint density at radius 2 is 1.73 bits per heavy atom. The van der Waals surface area contributed by atoms with E-state index in [1.807, 2.05) is 48.5 Å². The Bertz CT molecular complexity index is 1360.